The molecule has 1 N–H and O–H groups in total. The SMILES string of the molecule is CC(=O)N(CC(=O)Nc1ccc2c(c1)OCO2)c1c(Cl)cccc1Cl. The second kappa shape index (κ2) is 7.21. The van der Waals surface area contributed by atoms with Gasteiger partial charge in [0.15, 0.2) is 11.5 Å². The number of rotatable bonds is 4. The Morgan fingerprint density at radius 3 is 2.48 bits per heavy atom. The third kappa shape index (κ3) is 3.81. The van der Waals surface area contributed by atoms with Gasteiger partial charge in [0.1, 0.15) is 6.54 Å². The van der Waals surface area contributed by atoms with Gasteiger partial charge < -0.3 is 19.7 Å². The predicted octanol–water partition coefficient (Wildman–Crippen LogP) is 3.71. The Bertz CT molecular complexity index is 821. The van der Waals surface area contributed by atoms with E-state index in [1.165, 1.54) is 11.8 Å². The lowest BCUT2D eigenvalue weighted by molar-refractivity contribution is -0.120. The molecule has 25 heavy (non-hydrogen) atoms. The molecule has 2 aromatic rings. The van der Waals surface area contributed by atoms with E-state index in [9.17, 15) is 9.59 Å². The van der Waals surface area contributed by atoms with Gasteiger partial charge >= 0.3 is 0 Å². The molecular formula is C17H14Cl2N2O4. The first kappa shape index (κ1) is 17.4. The van der Waals surface area contributed by atoms with E-state index in [4.69, 9.17) is 32.7 Å². The van der Waals surface area contributed by atoms with Crippen LogP contribution in [0.4, 0.5) is 11.4 Å². The number of benzene rings is 2. The number of ether oxygens (including phenoxy) is 2. The van der Waals surface area contributed by atoms with Crippen molar-refractivity contribution >= 4 is 46.4 Å². The van der Waals surface area contributed by atoms with Crippen molar-refractivity contribution in [3.63, 3.8) is 0 Å². The zero-order chi connectivity index (χ0) is 18.0. The fraction of sp³-hybridized carbons (Fsp3) is 0.176. The topological polar surface area (TPSA) is 67.9 Å². The Labute approximate surface area is 154 Å². The van der Waals surface area contributed by atoms with E-state index < -0.39 is 5.91 Å². The Morgan fingerprint density at radius 2 is 1.80 bits per heavy atom. The molecule has 0 spiro atoms. The number of para-hydroxylation sites is 1. The van der Waals surface area contributed by atoms with Crippen molar-refractivity contribution in [2.45, 2.75) is 6.92 Å². The molecule has 0 bridgehead atoms. The first-order valence-electron chi connectivity index (χ1n) is 7.37. The quantitative estimate of drug-likeness (QED) is 0.877. The van der Waals surface area contributed by atoms with Crippen LogP contribution < -0.4 is 19.7 Å². The first-order chi connectivity index (χ1) is 12.0. The van der Waals surface area contributed by atoms with Gasteiger partial charge in [0.05, 0.1) is 15.7 Å². The van der Waals surface area contributed by atoms with E-state index >= 15 is 0 Å². The lowest BCUT2D eigenvalue weighted by Gasteiger charge is -2.23. The van der Waals surface area contributed by atoms with Crippen molar-refractivity contribution in [2.75, 3.05) is 23.6 Å². The standard InChI is InChI=1S/C17H14Cl2N2O4/c1-10(22)21(17-12(18)3-2-4-13(17)19)8-16(23)20-11-5-6-14-15(7-11)25-9-24-14/h2-7H,8-9H2,1H3,(H,20,23). The van der Waals surface area contributed by atoms with E-state index in [0.717, 1.165) is 0 Å². The third-order valence-corrected chi connectivity index (χ3v) is 4.16. The van der Waals surface area contributed by atoms with Gasteiger partial charge in [-0.3, -0.25) is 9.59 Å². The number of amides is 2. The van der Waals surface area contributed by atoms with Crippen LogP contribution >= 0.6 is 23.2 Å². The summed E-state index contributed by atoms with van der Waals surface area (Å²) in [6.45, 7) is 1.26. The molecule has 8 heteroatoms. The van der Waals surface area contributed by atoms with Crippen LogP contribution in [0.5, 0.6) is 11.5 Å². The second-order valence-electron chi connectivity index (χ2n) is 5.29. The highest BCUT2D eigenvalue weighted by atomic mass is 35.5. The molecule has 0 saturated carbocycles. The van der Waals surface area contributed by atoms with Gasteiger partial charge in [0, 0.05) is 18.7 Å². The second-order valence-corrected chi connectivity index (χ2v) is 6.11. The number of anilines is 2. The van der Waals surface area contributed by atoms with Crippen LogP contribution in [0.15, 0.2) is 36.4 Å². The number of carbonyl (C=O) groups excluding carboxylic acids is 2. The summed E-state index contributed by atoms with van der Waals surface area (Å²) in [4.78, 5) is 25.6. The molecule has 0 atom stereocenters. The molecule has 0 aliphatic carbocycles. The van der Waals surface area contributed by atoms with Gasteiger partial charge in [0.25, 0.3) is 0 Å². The Morgan fingerprint density at radius 1 is 1.12 bits per heavy atom. The molecule has 130 valence electrons. The van der Waals surface area contributed by atoms with Gasteiger partial charge in [-0.25, -0.2) is 0 Å². The van der Waals surface area contributed by atoms with E-state index in [1.54, 1.807) is 36.4 Å². The lowest BCUT2D eigenvalue weighted by atomic mass is 10.2. The Hall–Kier alpha value is -2.44. The van der Waals surface area contributed by atoms with Crippen LogP contribution in [0.1, 0.15) is 6.92 Å². The number of halogens is 2. The summed E-state index contributed by atoms with van der Waals surface area (Å²) >= 11 is 12.3. The van der Waals surface area contributed by atoms with E-state index in [-0.39, 0.29) is 19.2 Å². The highest BCUT2D eigenvalue weighted by molar-refractivity contribution is 6.40. The van der Waals surface area contributed by atoms with Crippen LogP contribution in [-0.2, 0) is 9.59 Å². The number of nitrogens with one attached hydrogen (secondary N) is 1. The van der Waals surface area contributed by atoms with Crippen LogP contribution in [0.3, 0.4) is 0 Å². The van der Waals surface area contributed by atoms with E-state index in [0.29, 0.717) is 32.9 Å². The van der Waals surface area contributed by atoms with E-state index in [2.05, 4.69) is 5.32 Å². The van der Waals surface area contributed by atoms with E-state index in [1.807, 2.05) is 0 Å². The maximum absolute atomic E-state index is 12.4. The van der Waals surface area contributed by atoms with Crippen molar-refractivity contribution < 1.29 is 19.1 Å². The highest BCUT2D eigenvalue weighted by Crippen LogP contribution is 2.35. The number of carbonyl (C=O) groups is 2. The molecule has 1 aliphatic rings. The molecule has 0 unspecified atom stereocenters. The summed E-state index contributed by atoms with van der Waals surface area (Å²) in [5.41, 5.74) is 0.835. The lowest BCUT2D eigenvalue weighted by Crippen LogP contribution is -2.37. The molecule has 2 aromatic carbocycles. The zero-order valence-corrected chi connectivity index (χ0v) is 14.7. The van der Waals surface area contributed by atoms with Gasteiger partial charge in [0.2, 0.25) is 18.6 Å². The summed E-state index contributed by atoms with van der Waals surface area (Å²) in [7, 11) is 0. The van der Waals surface area contributed by atoms with Gasteiger partial charge in [-0.1, -0.05) is 29.3 Å². The van der Waals surface area contributed by atoms with Crippen molar-refractivity contribution in [3.05, 3.63) is 46.4 Å². The van der Waals surface area contributed by atoms with Crippen LogP contribution in [0.2, 0.25) is 10.0 Å². The van der Waals surface area contributed by atoms with Crippen molar-refractivity contribution in [1.29, 1.82) is 0 Å². The maximum atomic E-state index is 12.4. The number of nitrogens with zero attached hydrogens (tertiary/aromatic N) is 1. The molecule has 3 rings (SSSR count). The average molecular weight is 381 g/mol. The van der Waals surface area contributed by atoms with Crippen LogP contribution in [0.25, 0.3) is 0 Å². The third-order valence-electron chi connectivity index (χ3n) is 3.55. The molecule has 2 amide bonds. The summed E-state index contributed by atoms with van der Waals surface area (Å²) in [5.74, 6) is 0.419. The summed E-state index contributed by atoms with van der Waals surface area (Å²) in [6.07, 6.45) is 0. The molecule has 0 saturated heterocycles. The maximum Gasteiger partial charge on any atom is 0.244 e. The van der Waals surface area contributed by atoms with Gasteiger partial charge in [-0.2, -0.15) is 0 Å². The minimum Gasteiger partial charge on any atom is -0.454 e. The van der Waals surface area contributed by atoms with Crippen LogP contribution in [0, 0.1) is 0 Å². The molecule has 1 aliphatic heterocycles. The van der Waals surface area contributed by atoms with Crippen molar-refractivity contribution in [3.8, 4) is 11.5 Å². The number of hydrogen-bond acceptors (Lipinski definition) is 4. The predicted molar refractivity (Wildman–Crippen MR) is 95.7 cm³/mol. The largest absolute Gasteiger partial charge is 0.454 e. The van der Waals surface area contributed by atoms with Crippen molar-refractivity contribution in [1.82, 2.24) is 0 Å². The molecule has 6 nitrogen and oxygen atoms in total. The van der Waals surface area contributed by atoms with Gasteiger partial charge in [-0.05, 0) is 24.3 Å². The monoisotopic (exact) mass is 380 g/mol. The first-order valence-corrected chi connectivity index (χ1v) is 8.13. The molecule has 1 heterocycles. The Kier molecular flexibility index (Phi) is 5.01. The summed E-state index contributed by atoms with van der Waals surface area (Å²) in [5, 5.41) is 3.29. The Balaban J connectivity index is 1.76. The highest BCUT2D eigenvalue weighted by Gasteiger charge is 2.21. The average Bonchev–Trinajstić information content (AvgIpc) is 3.01. The minimum absolute atomic E-state index is 0.149. The van der Waals surface area contributed by atoms with Crippen LogP contribution in [-0.4, -0.2) is 25.2 Å². The number of hydrogen-bond donors (Lipinski definition) is 1. The molecule has 0 radical (unpaired) electrons. The zero-order valence-electron chi connectivity index (χ0n) is 13.2. The molecular weight excluding hydrogens is 367 g/mol. The molecule has 0 fully saturated rings. The minimum atomic E-state index is -0.398. The van der Waals surface area contributed by atoms with Gasteiger partial charge in [-0.15, -0.1) is 0 Å². The fourth-order valence-electron chi connectivity index (χ4n) is 2.41. The smallest absolute Gasteiger partial charge is 0.244 e. The van der Waals surface area contributed by atoms with Crippen molar-refractivity contribution in [2.24, 2.45) is 0 Å². The molecule has 0 aromatic heterocycles. The fourth-order valence-corrected chi connectivity index (χ4v) is 3.01. The normalized spacial score (nSPS) is 12.0. The number of fused-ring (bicyclic) bond motifs is 1. The summed E-state index contributed by atoms with van der Waals surface area (Å²) < 4.78 is 10.5. The summed E-state index contributed by atoms with van der Waals surface area (Å²) in [6, 6.07) is 9.92.